The lowest BCUT2D eigenvalue weighted by molar-refractivity contribution is -0.253. The third-order valence-electron chi connectivity index (χ3n) is 9.83. The Labute approximate surface area is 305 Å². The van der Waals surface area contributed by atoms with E-state index < -0.39 is 6.29 Å². The summed E-state index contributed by atoms with van der Waals surface area (Å²) in [5.41, 5.74) is 5.11. The van der Waals surface area contributed by atoms with E-state index in [2.05, 4.69) is 46.2 Å². The first-order valence-electron chi connectivity index (χ1n) is 19.4. The number of aliphatic hydroxyl groups excluding tert-OH is 1. The Morgan fingerprint density at radius 3 is 2.14 bits per heavy atom. The van der Waals surface area contributed by atoms with Crippen molar-refractivity contribution in [2.75, 3.05) is 25.0 Å². The number of aromatic nitrogens is 2. The lowest BCUT2D eigenvalue weighted by Crippen LogP contribution is -2.40. The Morgan fingerprint density at radius 2 is 1.45 bits per heavy atom. The summed E-state index contributed by atoms with van der Waals surface area (Å²) in [7, 11) is 0. The monoisotopic (exact) mass is 694 g/mol. The number of nitrogens with one attached hydrogen (secondary N) is 1. The lowest BCUT2D eigenvalue weighted by Gasteiger charge is -2.38. The summed E-state index contributed by atoms with van der Waals surface area (Å²) in [4.78, 5) is 24.8. The lowest BCUT2D eigenvalue weighted by atomic mass is 9.99. The number of para-hydroxylation sites is 2. The van der Waals surface area contributed by atoms with Crippen LogP contribution in [-0.2, 0) is 16.1 Å². The van der Waals surface area contributed by atoms with Gasteiger partial charge in [0.2, 0.25) is 0 Å². The summed E-state index contributed by atoms with van der Waals surface area (Å²) in [5, 5.41) is 12.6. The predicted molar refractivity (Wildman–Crippen MR) is 206 cm³/mol. The molecule has 3 aromatic carbocycles. The van der Waals surface area contributed by atoms with E-state index in [0.717, 1.165) is 48.3 Å². The zero-order valence-electron chi connectivity index (χ0n) is 30.8. The number of carbonyl (C=O) groups is 1. The van der Waals surface area contributed by atoms with Gasteiger partial charge in [-0.05, 0) is 61.3 Å². The number of anilines is 1. The van der Waals surface area contributed by atoms with Crippen molar-refractivity contribution >= 4 is 22.6 Å². The number of ether oxygens (including phenoxy) is 2. The molecule has 0 spiro atoms. The Hall–Kier alpha value is -3.69. The van der Waals surface area contributed by atoms with Crippen LogP contribution < -0.4 is 5.32 Å². The highest BCUT2D eigenvalue weighted by molar-refractivity contribution is 6.03. The van der Waals surface area contributed by atoms with Crippen LogP contribution in [0.25, 0.3) is 11.0 Å². The van der Waals surface area contributed by atoms with E-state index in [9.17, 15) is 9.90 Å². The highest BCUT2D eigenvalue weighted by atomic mass is 16.7. The van der Waals surface area contributed by atoms with E-state index in [1.807, 2.05) is 60.7 Å². The van der Waals surface area contributed by atoms with Gasteiger partial charge in [-0.25, -0.2) is 4.98 Å². The van der Waals surface area contributed by atoms with E-state index in [1.54, 1.807) is 0 Å². The minimum Gasteiger partial charge on any atom is -0.392 e. The number of hydrogen-bond acceptors (Lipinski definition) is 7. The van der Waals surface area contributed by atoms with Crippen LogP contribution in [0.3, 0.4) is 0 Å². The molecule has 1 aliphatic heterocycles. The average Bonchev–Trinajstić information content (AvgIpc) is 3.17. The molecule has 0 aliphatic carbocycles. The first kappa shape index (κ1) is 38.5. The Morgan fingerprint density at radius 1 is 0.784 bits per heavy atom. The van der Waals surface area contributed by atoms with Crippen molar-refractivity contribution in [3.05, 3.63) is 101 Å². The normalized spacial score (nSPS) is 17.6. The maximum atomic E-state index is 13.2. The van der Waals surface area contributed by atoms with E-state index in [0.29, 0.717) is 11.2 Å². The van der Waals surface area contributed by atoms with Gasteiger partial charge in [-0.15, -0.1) is 0 Å². The molecule has 2 N–H and O–H groups in total. The molecule has 2 heterocycles. The van der Waals surface area contributed by atoms with E-state index in [-0.39, 0.29) is 30.4 Å². The van der Waals surface area contributed by atoms with Gasteiger partial charge in [0, 0.05) is 24.2 Å². The van der Waals surface area contributed by atoms with Crippen LogP contribution in [0, 0.1) is 0 Å². The molecule has 3 atom stereocenters. The van der Waals surface area contributed by atoms with Crippen molar-refractivity contribution in [2.24, 2.45) is 0 Å². The van der Waals surface area contributed by atoms with Crippen LogP contribution in [0.5, 0.6) is 0 Å². The third kappa shape index (κ3) is 12.2. The molecule has 1 aliphatic rings. The molecule has 51 heavy (non-hydrogen) atoms. The van der Waals surface area contributed by atoms with Crippen LogP contribution in [0.2, 0.25) is 0 Å². The average molecular weight is 695 g/mol. The summed E-state index contributed by atoms with van der Waals surface area (Å²) in [5.74, 6) is -0.323. The van der Waals surface area contributed by atoms with E-state index in [4.69, 9.17) is 9.47 Å². The largest absolute Gasteiger partial charge is 0.392 e. The summed E-state index contributed by atoms with van der Waals surface area (Å²) >= 11 is 0. The molecule has 3 unspecified atom stereocenters. The molecule has 0 radical (unpaired) electrons. The van der Waals surface area contributed by atoms with Gasteiger partial charge in [-0.2, -0.15) is 0 Å². The van der Waals surface area contributed by atoms with E-state index in [1.165, 1.54) is 83.2 Å². The molecule has 4 aromatic rings. The highest BCUT2D eigenvalue weighted by Gasteiger charge is 2.33. The minimum atomic E-state index is -0.603. The number of nitrogens with zero attached hydrogens (tertiary/aromatic N) is 3. The zero-order chi connectivity index (χ0) is 35.7. The summed E-state index contributed by atoms with van der Waals surface area (Å²) in [6.07, 6.45) is 16.9. The van der Waals surface area contributed by atoms with Crippen LogP contribution in [0.1, 0.15) is 137 Å². The summed E-state index contributed by atoms with van der Waals surface area (Å²) in [6, 6.07) is 23.3. The molecule has 0 bridgehead atoms. The van der Waals surface area contributed by atoms with Gasteiger partial charge in [-0.1, -0.05) is 127 Å². The summed E-state index contributed by atoms with van der Waals surface area (Å²) < 4.78 is 13.4. The fraction of sp³-hybridized carbons (Fsp3) is 0.512. The van der Waals surface area contributed by atoms with Gasteiger partial charge < -0.3 is 24.8 Å². The van der Waals surface area contributed by atoms with Crippen LogP contribution >= 0.6 is 0 Å². The minimum absolute atomic E-state index is 0.00924. The Balaban J connectivity index is 1.30. The number of aliphatic hydroxyl groups is 1. The van der Waals surface area contributed by atoms with Crippen molar-refractivity contribution in [1.29, 1.82) is 0 Å². The fourth-order valence-electron chi connectivity index (χ4n) is 6.87. The highest BCUT2D eigenvalue weighted by Crippen LogP contribution is 2.39. The first-order chi connectivity index (χ1) is 25.1. The quantitative estimate of drug-likeness (QED) is 0.0838. The molecular weight excluding hydrogens is 636 g/mol. The van der Waals surface area contributed by atoms with Crippen molar-refractivity contribution < 1.29 is 19.4 Å². The second kappa shape index (κ2) is 21.0. The molecule has 1 saturated heterocycles. The molecule has 8 nitrogen and oxygen atoms in total. The standard InChI is InChI=1S/C43H58N4O4/c1-3-5-7-9-11-15-26-47(27-16-12-10-8-6-4-2)31-37-29-41(34-24-22-33(32-48)23-25-34)51-43(50-37)35-18-17-19-36(28-35)45-42(49)40-30-44-38-20-13-14-21-39(38)46-40/h13-14,17-25,28,30,37,41,43,48H,3-12,15-16,26-27,29,31-32H2,1-2H3,(H,45,49). The molecule has 1 amide bonds. The maximum absolute atomic E-state index is 13.2. The molecule has 274 valence electrons. The zero-order valence-corrected chi connectivity index (χ0v) is 30.8. The van der Waals surface area contributed by atoms with E-state index >= 15 is 0 Å². The number of carbonyl (C=O) groups excluding carboxylic acids is 1. The molecule has 0 saturated carbocycles. The van der Waals surface area contributed by atoms with Crippen molar-refractivity contribution in [3.8, 4) is 0 Å². The number of benzene rings is 3. The SMILES string of the molecule is CCCCCCCCN(CCCCCCCC)CC1CC(c2ccc(CO)cc2)OC(c2cccc(NC(=O)c3cnc4ccccc4n3)c2)O1. The van der Waals surface area contributed by atoms with Crippen molar-refractivity contribution in [2.45, 2.75) is 122 Å². The van der Waals surface area contributed by atoms with Crippen LogP contribution in [-0.4, -0.2) is 51.6 Å². The first-order valence-corrected chi connectivity index (χ1v) is 19.4. The number of fused-ring (bicyclic) bond motifs is 1. The molecule has 5 rings (SSSR count). The third-order valence-corrected chi connectivity index (χ3v) is 9.83. The molecule has 8 heteroatoms. The van der Waals surface area contributed by atoms with Crippen molar-refractivity contribution in [1.82, 2.24) is 14.9 Å². The smallest absolute Gasteiger partial charge is 0.275 e. The fourth-order valence-corrected chi connectivity index (χ4v) is 6.87. The van der Waals surface area contributed by atoms with Crippen LogP contribution in [0.4, 0.5) is 5.69 Å². The number of hydrogen-bond donors (Lipinski definition) is 2. The second-order valence-electron chi connectivity index (χ2n) is 14.0. The van der Waals surface area contributed by atoms with Gasteiger partial charge in [0.15, 0.2) is 6.29 Å². The number of unbranched alkanes of at least 4 members (excludes halogenated alkanes) is 10. The van der Waals surface area contributed by atoms with Gasteiger partial charge in [-0.3, -0.25) is 9.78 Å². The molecular formula is C43H58N4O4. The molecule has 1 fully saturated rings. The van der Waals surface area contributed by atoms with Gasteiger partial charge in [0.25, 0.3) is 5.91 Å². The topological polar surface area (TPSA) is 96.8 Å². The number of amides is 1. The van der Waals surface area contributed by atoms with Crippen LogP contribution in [0.15, 0.2) is 79.0 Å². The van der Waals surface area contributed by atoms with Crippen molar-refractivity contribution in [3.63, 3.8) is 0 Å². The van der Waals surface area contributed by atoms with Gasteiger partial charge in [0.05, 0.1) is 36.0 Å². The number of rotatable bonds is 21. The second-order valence-corrected chi connectivity index (χ2v) is 14.0. The Kier molecular flexibility index (Phi) is 15.9. The van der Waals surface area contributed by atoms with Gasteiger partial charge >= 0.3 is 0 Å². The predicted octanol–water partition coefficient (Wildman–Crippen LogP) is 9.94. The Bertz CT molecular complexity index is 1600. The van der Waals surface area contributed by atoms with Gasteiger partial charge in [0.1, 0.15) is 5.69 Å². The maximum Gasteiger partial charge on any atom is 0.275 e. The summed E-state index contributed by atoms with van der Waals surface area (Å²) in [6.45, 7) is 7.57. The molecule has 1 aromatic heterocycles.